The standard InChI is InChI=1S/4C10H14.C8H10ClNO2S2.C8H10N2O4S2.C7H15NO4S2.C6H13NO4S2/c4*1-3-9(2)10-7-5-4-6-8-10;1-10(14(2,11)12)13-8-5-3-7(9)4-6-8;1-9(16(2,13)14)15-8-5-3-7(4-6-8)10(11)12;1-6(2)7(9)12-5-13-8(3)14(4,10)11;1-4-6(8)11-5-12-7(2)13(3,9)10/h4*4-9H,3H2,1-2H3;3-6H,1-2H3;3-6H,1-2H3;6H,5H2,1-4H3;4-5H2,1-3H3. The summed E-state index contributed by atoms with van der Waals surface area (Å²) in [6.45, 7) is 23.0. The zero-order chi connectivity index (χ0) is 74.5. The zero-order valence-corrected chi connectivity index (χ0v) is 66.9. The summed E-state index contributed by atoms with van der Waals surface area (Å²) in [6.07, 6.45) is 9.62. The average molecular weight is 1520 g/mol. The van der Waals surface area contributed by atoms with Crippen LogP contribution in [-0.4, -0.2) is 130 Å². The van der Waals surface area contributed by atoms with Crippen LogP contribution in [0.15, 0.2) is 180 Å². The van der Waals surface area contributed by atoms with Crippen molar-refractivity contribution in [1.82, 2.24) is 14.8 Å². The number of benzene rings is 6. The number of carbonyl (C=O) groups excluding carboxylic acids is 2. The third kappa shape index (κ3) is 46.1. The van der Waals surface area contributed by atoms with Crippen molar-refractivity contribution in [3.8, 4) is 0 Å². The molecule has 0 spiro atoms. The van der Waals surface area contributed by atoms with Crippen LogP contribution in [0.3, 0.4) is 0 Å². The Labute approximate surface area is 604 Å². The molecule has 4 unspecified atom stereocenters. The van der Waals surface area contributed by atoms with Crippen LogP contribution < -0.4 is 0 Å². The van der Waals surface area contributed by atoms with Gasteiger partial charge in [-0.2, -0.15) is 0 Å². The molecule has 0 saturated heterocycles. The van der Waals surface area contributed by atoms with Gasteiger partial charge in [0.05, 0.1) is 35.9 Å². The minimum absolute atomic E-state index is 0.0145. The van der Waals surface area contributed by atoms with E-state index in [4.69, 9.17) is 16.3 Å². The number of ether oxygens (including phenoxy) is 2. The van der Waals surface area contributed by atoms with Gasteiger partial charge in [-0.3, -0.25) is 19.7 Å². The van der Waals surface area contributed by atoms with E-state index in [0.717, 1.165) is 88.8 Å². The van der Waals surface area contributed by atoms with Gasteiger partial charge in [0, 0.05) is 61.6 Å². The van der Waals surface area contributed by atoms with Crippen molar-refractivity contribution in [3.05, 3.63) is 207 Å². The molecule has 6 aromatic rings. The normalized spacial score (nSPS) is 12.3. The highest BCUT2D eigenvalue weighted by molar-refractivity contribution is 8.09. The van der Waals surface area contributed by atoms with E-state index >= 15 is 0 Å². The first-order valence-corrected chi connectivity index (χ1v) is 42.3. The molecule has 0 bridgehead atoms. The minimum Gasteiger partial charge on any atom is -0.453 e. The molecule has 0 N–H and O–H groups in total. The van der Waals surface area contributed by atoms with Crippen molar-refractivity contribution < 1.29 is 57.7 Å². The minimum atomic E-state index is -3.27. The van der Waals surface area contributed by atoms with E-state index < -0.39 is 45.0 Å². The SMILES string of the molecule is CC(C)C(=O)OCSN(C)S(C)(=O)=O.CCC(=O)OCSN(C)S(C)(=O)=O.CCC(C)c1ccccc1.CCC(C)c1ccccc1.CCC(C)c1ccccc1.CCC(C)c1ccccc1.CN(Sc1ccc(Cl)cc1)S(C)(=O)=O.CN(Sc1ccc([N+](=O)[O-])cc1)S(C)(=O)=O. The third-order valence-corrected chi connectivity index (χ3v) is 24.7. The molecule has 0 heterocycles. The quantitative estimate of drug-likeness (QED) is 0.0170. The van der Waals surface area contributed by atoms with Crippen molar-refractivity contribution in [2.75, 3.05) is 65.1 Å². The number of rotatable bonds is 25. The van der Waals surface area contributed by atoms with Crippen LogP contribution in [0.1, 0.15) is 154 Å². The lowest BCUT2D eigenvalue weighted by molar-refractivity contribution is -0.384. The molecule has 544 valence electrons. The molecule has 0 aliphatic carbocycles. The molecule has 0 radical (unpaired) electrons. The third-order valence-electron chi connectivity index (χ3n) is 13.8. The summed E-state index contributed by atoms with van der Waals surface area (Å²) in [5.74, 6) is 2.01. The van der Waals surface area contributed by atoms with Crippen LogP contribution in [0.2, 0.25) is 5.02 Å². The number of esters is 2. The Morgan fingerprint density at radius 2 is 0.691 bits per heavy atom. The van der Waals surface area contributed by atoms with E-state index in [1.165, 1.54) is 104 Å². The molecule has 0 aliphatic heterocycles. The molecule has 0 aromatic heterocycles. The van der Waals surface area contributed by atoms with Gasteiger partial charge in [0.15, 0.2) is 11.9 Å². The first-order valence-electron chi connectivity index (χ1n) is 31.1. The van der Waals surface area contributed by atoms with Gasteiger partial charge < -0.3 is 9.47 Å². The largest absolute Gasteiger partial charge is 0.453 e. The Bertz CT molecular complexity index is 3380. The second-order valence-corrected chi connectivity index (χ2v) is 35.8. The molecule has 97 heavy (non-hydrogen) atoms. The number of halogens is 1. The number of nitro benzene ring substituents is 1. The lowest BCUT2D eigenvalue weighted by atomic mass is 9.99. The van der Waals surface area contributed by atoms with Crippen molar-refractivity contribution in [2.45, 2.75) is 142 Å². The molecule has 19 nitrogen and oxygen atoms in total. The molecular formula is C69H104ClN5O14S8. The van der Waals surface area contributed by atoms with Gasteiger partial charge >= 0.3 is 11.9 Å². The molecule has 0 aliphatic rings. The fraction of sp³-hybridized carbons (Fsp3) is 0.449. The zero-order valence-electron chi connectivity index (χ0n) is 59.6. The number of nitrogens with zero attached hydrogens (tertiary/aromatic N) is 5. The second-order valence-electron chi connectivity index (χ2n) is 21.9. The lowest BCUT2D eigenvalue weighted by Crippen LogP contribution is -2.20. The number of hydrogen-bond donors (Lipinski definition) is 0. The fourth-order valence-electron chi connectivity index (χ4n) is 6.41. The van der Waals surface area contributed by atoms with Gasteiger partial charge in [-0.25, -0.2) is 33.7 Å². The second kappa shape index (κ2) is 51.2. The average Bonchev–Trinajstić information content (AvgIpc) is 1.24. The lowest BCUT2D eigenvalue weighted by Gasteiger charge is -2.13. The molecule has 6 aromatic carbocycles. The van der Waals surface area contributed by atoms with Gasteiger partial charge in [0.2, 0.25) is 40.1 Å². The van der Waals surface area contributed by atoms with Crippen molar-refractivity contribution in [3.63, 3.8) is 0 Å². The van der Waals surface area contributed by atoms with Crippen LogP contribution in [0.4, 0.5) is 5.69 Å². The Balaban J connectivity index is 0. The summed E-state index contributed by atoms with van der Waals surface area (Å²) in [7, 11) is -7.10. The first-order chi connectivity index (χ1) is 45.2. The monoisotopic (exact) mass is 1520 g/mol. The van der Waals surface area contributed by atoms with Crippen LogP contribution in [0.25, 0.3) is 0 Å². The summed E-state index contributed by atoms with van der Waals surface area (Å²) in [5, 5.41) is 11.0. The van der Waals surface area contributed by atoms with Gasteiger partial charge in [-0.1, -0.05) is 209 Å². The molecule has 0 saturated carbocycles. The summed E-state index contributed by atoms with van der Waals surface area (Å²) >= 11 is 9.70. The smallest absolute Gasteiger partial charge is 0.309 e. The molecular weight excluding hydrogens is 1410 g/mol. The van der Waals surface area contributed by atoms with Crippen molar-refractivity contribution in [1.29, 1.82) is 0 Å². The maximum absolute atomic E-state index is 11.1. The highest BCUT2D eigenvalue weighted by atomic mass is 35.5. The maximum Gasteiger partial charge on any atom is 0.309 e. The van der Waals surface area contributed by atoms with E-state index in [1.807, 2.05) is 0 Å². The fourth-order valence-corrected chi connectivity index (χ4v) is 11.7. The number of nitro groups is 1. The van der Waals surface area contributed by atoms with E-state index in [2.05, 4.69) is 181 Å². The van der Waals surface area contributed by atoms with Gasteiger partial charge in [0.25, 0.3) is 5.69 Å². The Morgan fingerprint density at radius 3 is 0.918 bits per heavy atom. The summed E-state index contributed by atoms with van der Waals surface area (Å²) in [5.41, 5.74) is 5.77. The van der Waals surface area contributed by atoms with E-state index in [9.17, 15) is 53.4 Å². The van der Waals surface area contributed by atoms with Crippen LogP contribution in [-0.2, 0) is 59.2 Å². The van der Waals surface area contributed by atoms with Gasteiger partial charge in [-0.05, 0) is 156 Å². The molecule has 0 fully saturated rings. The van der Waals surface area contributed by atoms with Crippen LogP contribution in [0.5, 0.6) is 0 Å². The van der Waals surface area contributed by atoms with Gasteiger partial charge in [0.1, 0.15) is 0 Å². The maximum atomic E-state index is 11.1. The Morgan fingerprint density at radius 1 is 0.433 bits per heavy atom. The van der Waals surface area contributed by atoms with Crippen LogP contribution in [0, 0.1) is 16.0 Å². The van der Waals surface area contributed by atoms with E-state index in [0.29, 0.717) is 40.0 Å². The molecule has 4 atom stereocenters. The van der Waals surface area contributed by atoms with E-state index in [1.54, 1.807) is 45.0 Å². The summed E-state index contributed by atoms with van der Waals surface area (Å²) in [4.78, 5) is 32.9. The van der Waals surface area contributed by atoms with Crippen LogP contribution >= 0.6 is 59.4 Å². The predicted molar refractivity (Wildman–Crippen MR) is 410 cm³/mol. The first kappa shape index (κ1) is 94.0. The number of hydrogen-bond acceptors (Lipinski definition) is 18. The molecule has 0 amide bonds. The summed E-state index contributed by atoms with van der Waals surface area (Å²) in [6, 6.07) is 55.2. The number of non-ortho nitro benzene ring substituents is 1. The molecule has 28 heteroatoms. The summed E-state index contributed by atoms with van der Waals surface area (Å²) < 4.78 is 102. The highest BCUT2D eigenvalue weighted by Gasteiger charge is 2.17. The number of carbonyl (C=O) groups is 2. The molecule has 6 rings (SSSR count). The van der Waals surface area contributed by atoms with Crippen molar-refractivity contribution >= 4 is 117 Å². The number of sulfonamides is 4. The van der Waals surface area contributed by atoms with E-state index in [-0.39, 0.29) is 35.4 Å². The Hall–Kier alpha value is -5.01. The van der Waals surface area contributed by atoms with Crippen molar-refractivity contribution in [2.24, 2.45) is 5.92 Å². The predicted octanol–water partition coefficient (Wildman–Crippen LogP) is 17.7. The topological polar surface area (TPSA) is 245 Å². The Kier molecular flexibility index (Phi) is 49.6. The highest BCUT2D eigenvalue weighted by Crippen LogP contribution is 2.27. The van der Waals surface area contributed by atoms with Gasteiger partial charge in [-0.15, -0.1) is 14.8 Å².